The van der Waals surface area contributed by atoms with E-state index in [0.29, 0.717) is 5.56 Å². The number of carbonyl (C=O) groups excluding carboxylic acids is 1. The van der Waals surface area contributed by atoms with E-state index in [1.165, 1.54) is 24.3 Å². The third-order valence-corrected chi connectivity index (χ3v) is 4.34. The fourth-order valence-electron chi connectivity index (χ4n) is 2.08. The zero-order valence-corrected chi connectivity index (χ0v) is 11.8. The minimum absolute atomic E-state index is 0.0364. The summed E-state index contributed by atoms with van der Waals surface area (Å²) in [6, 6.07) is 4.99. The van der Waals surface area contributed by atoms with Crippen molar-refractivity contribution in [2.45, 2.75) is 11.7 Å². The van der Waals surface area contributed by atoms with Gasteiger partial charge in [-0.3, -0.25) is 9.69 Å². The number of anilines is 1. The summed E-state index contributed by atoms with van der Waals surface area (Å²) in [5, 5.41) is 5.90. The molecule has 22 heavy (non-hydrogen) atoms. The van der Waals surface area contributed by atoms with E-state index in [2.05, 4.69) is 10.2 Å². The molecule has 7 nitrogen and oxygen atoms in total. The van der Waals surface area contributed by atoms with Gasteiger partial charge in [-0.25, -0.2) is 4.39 Å². The van der Waals surface area contributed by atoms with Crippen LogP contribution in [-0.4, -0.2) is 36.3 Å². The number of rotatable bonds is 3. The lowest BCUT2D eigenvalue weighted by Crippen LogP contribution is -2.27. The van der Waals surface area contributed by atoms with Crippen molar-refractivity contribution in [3.8, 4) is 11.5 Å². The summed E-state index contributed by atoms with van der Waals surface area (Å²) in [7, 11) is -4.82. The fraction of sp³-hybridized carbons (Fsp3) is 0.250. The standard InChI is InChI=1S/C12H9F2N3O4S/c13-8-3-1-7(2-4-8)11-15-16-12(21-11)17-6-9(5-10(17)18)22(14,19)20/h1-4,9H,5-6H2. The minimum atomic E-state index is -4.82. The van der Waals surface area contributed by atoms with E-state index in [-0.39, 0.29) is 18.5 Å². The highest BCUT2D eigenvalue weighted by Gasteiger charge is 2.41. The number of hydrogen-bond donors (Lipinski definition) is 0. The minimum Gasteiger partial charge on any atom is -0.403 e. The maximum atomic E-state index is 13.0. The molecular weight excluding hydrogens is 320 g/mol. The SMILES string of the molecule is O=C1CC(S(=O)(=O)F)CN1c1nnc(-c2ccc(F)cc2)o1. The van der Waals surface area contributed by atoms with Crippen LogP contribution in [0.25, 0.3) is 11.5 Å². The second-order valence-corrected chi connectivity index (χ2v) is 6.32. The lowest BCUT2D eigenvalue weighted by molar-refractivity contribution is -0.117. The molecule has 1 saturated heterocycles. The Balaban J connectivity index is 1.85. The van der Waals surface area contributed by atoms with Gasteiger partial charge in [0.05, 0.1) is 6.54 Å². The van der Waals surface area contributed by atoms with Crippen molar-refractivity contribution >= 4 is 22.1 Å². The van der Waals surface area contributed by atoms with E-state index in [1.807, 2.05) is 0 Å². The molecule has 0 aliphatic carbocycles. The van der Waals surface area contributed by atoms with Crippen molar-refractivity contribution in [2.24, 2.45) is 0 Å². The molecule has 1 atom stereocenters. The van der Waals surface area contributed by atoms with Crippen molar-refractivity contribution in [2.75, 3.05) is 11.4 Å². The summed E-state index contributed by atoms with van der Waals surface area (Å²) in [5.41, 5.74) is 0.432. The normalized spacial score (nSPS) is 18.9. The van der Waals surface area contributed by atoms with Crippen molar-refractivity contribution in [3.05, 3.63) is 30.1 Å². The number of aromatic nitrogens is 2. The van der Waals surface area contributed by atoms with Crippen LogP contribution in [-0.2, 0) is 15.0 Å². The van der Waals surface area contributed by atoms with E-state index in [1.54, 1.807) is 0 Å². The molecule has 0 saturated carbocycles. The van der Waals surface area contributed by atoms with E-state index >= 15 is 0 Å². The van der Waals surface area contributed by atoms with Crippen LogP contribution in [0.15, 0.2) is 28.7 Å². The number of benzene rings is 1. The molecule has 2 aromatic rings. The van der Waals surface area contributed by atoms with Crippen molar-refractivity contribution in [1.82, 2.24) is 10.2 Å². The molecule has 1 aliphatic heterocycles. The van der Waals surface area contributed by atoms with Gasteiger partial charge in [-0.2, -0.15) is 8.42 Å². The smallest absolute Gasteiger partial charge is 0.325 e. The van der Waals surface area contributed by atoms with Gasteiger partial charge in [0.2, 0.25) is 11.8 Å². The van der Waals surface area contributed by atoms with Crippen LogP contribution in [0.5, 0.6) is 0 Å². The average Bonchev–Trinajstić information content (AvgIpc) is 3.05. The molecule has 1 amide bonds. The molecule has 1 aliphatic rings. The van der Waals surface area contributed by atoms with E-state index in [9.17, 15) is 21.5 Å². The maximum absolute atomic E-state index is 13.0. The quantitative estimate of drug-likeness (QED) is 0.788. The monoisotopic (exact) mass is 329 g/mol. The highest BCUT2D eigenvalue weighted by molar-refractivity contribution is 7.87. The summed E-state index contributed by atoms with van der Waals surface area (Å²) in [6.07, 6.45) is -0.479. The second kappa shape index (κ2) is 5.13. The first kappa shape index (κ1) is 14.6. The zero-order valence-electron chi connectivity index (χ0n) is 10.9. The molecule has 1 aromatic carbocycles. The van der Waals surface area contributed by atoms with Gasteiger partial charge in [-0.15, -0.1) is 8.98 Å². The Morgan fingerprint density at radius 1 is 1.23 bits per heavy atom. The summed E-state index contributed by atoms with van der Waals surface area (Å²) in [5.74, 6) is -1.02. The molecule has 1 unspecified atom stereocenters. The Kier molecular flexibility index (Phi) is 3.39. The first-order valence-electron chi connectivity index (χ1n) is 6.18. The van der Waals surface area contributed by atoms with Gasteiger partial charge in [0.1, 0.15) is 11.1 Å². The lowest BCUT2D eigenvalue weighted by Gasteiger charge is -2.09. The van der Waals surface area contributed by atoms with Gasteiger partial charge in [0, 0.05) is 12.0 Å². The molecule has 3 rings (SSSR count). The number of hydrogen-bond acceptors (Lipinski definition) is 6. The van der Waals surface area contributed by atoms with Gasteiger partial charge in [-0.1, -0.05) is 5.10 Å². The lowest BCUT2D eigenvalue weighted by atomic mass is 10.2. The Hall–Kier alpha value is -2.36. The van der Waals surface area contributed by atoms with Crippen LogP contribution in [0.2, 0.25) is 0 Å². The molecule has 2 heterocycles. The van der Waals surface area contributed by atoms with E-state index < -0.39 is 33.6 Å². The first-order chi connectivity index (χ1) is 10.3. The van der Waals surface area contributed by atoms with Crippen LogP contribution < -0.4 is 4.90 Å². The average molecular weight is 329 g/mol. The van der Waals surface area contributed by atoms with Gasteiger partial charge < -0.3 is 4.42 Å². The van der Waals surface area contributed by atoms with Crippen LogP contribution in [0.1, 0.15) is 6.42 Å². The summed E-state index contributed by atoms with van der Waals surface area (Å²) < 4.78 is 52.8. The highest BCUT2D eigenvalue weighted by atomic mass is 32.3. The number of carbonyl (C=O) groups is 1. The molecule has 0 spiro atoms. The fourth-order valence-corrected chi connectivity index (χ4v) is 2.75. The number of amides is 1. The van der Waals surface area contributed by atoms with Crippen LogP contribution in [0, 0.1) is 5.82 Å². The Morgan fingerprint density at radius 2 is 1.91 bits per heavy atom. The Morgan fingerprint density at radius 3 is 2.50 bits per heavy atom. The Labute approximate surface area is 123 Å². The third-order valence-electron chi connectivity index (χ3n) is 3.22. The van der Waals surface area contributed by atoms with Crippen LogP contribution in [0.4, 0.5) is 14.3 Å². The third kappa shape index (κ3) is 2.69. The van der Waals surface area contributed by atoms with Crippen LogP contribution in [0.3, 0.4) is 0 Å². The van der Waals surface area contributed by atoms with Crippen LogP contribution >= 0.6 is 0 Å². The zero-order chi connectivity index (χ0) is 15.9. The molecule has 10 heteroatoms. The van der Waals surface area contributed by atoms with Gasteiger partial charge in [0.25, 0.3) is 0 Å². The van der Waals surface area contributed by atoms with Gasteiger partial charge in [0.15, 0.2) is 0 Å². The maximum Gasteiger partial charge on any atom is 0.325 e. The van der Waals surface area contributed by atoms with Gasteiger partial charge in [-0.05, 0) is 24.3 Å². The van der Waals surface area contributed by atoms with E-state index in [0.717, 1.165) is 4.90 Å². The predicted molar refractivity (Wildman–Crippen MR) is 70.5 cm³/mol. The molecule has 0 N–H and O–H groups in total. The molecular formula is C12H9F2N3O4S. The van der Waals surface area contributed by atoms with Crippen molar-refractivity contribution in [3.63, 3.8) is 0 Å². The summed E-state index contributed by atoms with van der Waals surface area (Å²) >= 11 is 0. The molecule has 0 bridgehead atoms. The molecule has 1 fully saturated rings. The van der Waals surface area contributed by atoms with Crippen molar-refractivity contribution in [1.29, 1.82) is 0 Å². The molecule has 116 valence electrons. The largest absolute Gasteiger partial charge is 0.403 e. The first-order valence-corrected chi connectivity index (χ1v) is 7.62. The van der Waals surface area contributed by atoms with E-state index in [4.69, 9.17) is 4.42 Å². The molecule has 1 aromatic heterocycles. The summed E-state index contributed by atoms with van der Waals surface area (Å²) in [6.45, 7) is -0.386. The molecule has 0 radical (unpaired) electrons. The second-order valence-electron chi connectivity index (χ2n) is 4.70. The van der Waals surface area contributed by atoms with Gasteiger partial charge >= 0.3 is 16.2 Å². The van der Waals surface area contributed by atoms with Crippen molar-refractivity contribution < 1.29 is 25.9 Å². The predicted octanol–water partition coefficient (Wildman–Crippen LogP) is 1.28. The number of nitrogens with zero attached hydrogens (tertiary/aromatic N) is 3. The summed E-state index contributed by atoms with van der Waals surface area (Å²) in [4.78, 5) is 12.7. The number of halogens is 2. The topological polar surface area (TPSA) is 93.4 Å². The highest BCUT2D eigenvalue weighted by Crippen LogP contribution is 2.27. The Bertz CT molecular complexity index is 819.